The zero-order chi connectivity index (χ0) is 41.7. The molecule has 0 aromatic rings. The lowest BCUT2D eigenvalue weighted by atomic mass is 9.98. The van der Waals surface area contributed by atoms with Crippen molar-refractivity contribution in [2.24, 2.45) is 0 Å². The first-order valence-corrected chi connectivity index (χ1v) is 22.3. The Morgan fingerprint density at radius 3 is 1.60 bits per heavy atom. The second kappa shape index (κ2) is 32.5. The molecule has 2 heterocycles. The number of unbranched alkanes of at least 4 members (excludes halogenated alkanes) is 18. The quantitative estimate of drug-likeness (QED) is 0.0266. The van der Waals surface area contributed by atoms with Crippen LogP contribution in [-0.4, -0.2) is 142 Å². The van der Waals surface area contributed by atoms with E-state index in [-0.39, 0.29) is 25.6 Å². The summed E-state index contributed by atoms with van der Waals surface area (Å²) < 4.78 is 34.1. The third-order valence-electron chi connectivity index (χ3n) is 10.8. The smallest absolute Gasteiger partial charge is 0.306 e. The molecule has 0 spiro atoms. The fraction of sp³-hybridized carbons (Fsp3) is 0.930. The first-order chi connectivity index (χ1) is 27.6. The minimum absolute atomic E-state index is 0.0622. The van der Waals surface area contributed by atoms with Crippen LogP contribution in [0.25, 0.3) is 0 Å². The van der Waals surface area contributed by atoms with Gasteiger partial charge in [0.2, 0.25) is 0 Å². The van der Waals surface area contributed by atoms with Crippen LogP contribution in [0.3, 0.4) is 0 Å². The third-order valence-corrected chi connectivity index (χ3v) is 10.8. The van der Waals surface area contributed by atoms with Gasteiger partial charge >= 0.3 is 5.97 Å². The maximum Gasteiger partial charge on any atom is 0.306 e. The summed E-state index contributed by atoms with van der Waals surface area (Å²) in [5.41, 5.74) is 0. The van der Waals surface area contributed by atoms with Gasteiger partial charge in [-0.15, -0.1) is 0 Å². The highest BCUT2D eigenvalue weighted by Gasteiger charge is 2.47. The number of hydrogen-bond donors (Lipinski definition) is 7. The summed E-state index contributed by atoms with van der Waals surface area (Å²) in [4.78, 5) is 12.9. The zero-order valence-electron chi connectivity index (χ0n) is 35.1. The van der Waals surface area contributed by atoms with Gasteiger partial charge in [-0.3, -0.25) is 4.79 Å². The predicted molar refractivity (Wildman–Crippen MR) is 215 cm³/mol. The predicted octanol–water partition coefficient (Wildman–Crippen LogP) is 4.73. The molecule has 2 aliphatic heterocycles. The number of aliphatic hydroxyl groups excluding tert-OH is 7. The van der Waals surface area contributed by atoms with Gasteiger partial charge in [-0.2, -0.15) is 0 Å². The van der Waals surface area contributed by atoms with Gasteiger partial charge in [-0.05, 0) is 38.5 Å². The van der Waals surface area contributed by atoms with Gasteiger partial charge in [0, 0.05) is 13.0 Å². The minimum atomic E-state index is -1.70. The Morgan fingerprint density at radius 1 is 0.561 bits per heavy atom. The fourth-order valence-corrected chi connectivity index (χ4v) is 7.04. The van der Waals surface area contributed by atoms with Crippen molar-refractivity contribution >= 4 is 5.97 Å². The van der Waals surface area contributed by atoms with Crippen LogP contribution < -0.4 is 0 Å². The molecule has 0 amide bonds. The average molecular weight is 821 g/mol. The van der Waals surface area contributed by atoms with E-state index < -0.39 is 80.7 Å². The Labute approximate surface area is 342 Å². The minimum Gasteiger partial charge on any atom is -0.457 e. The van der Waals surface area contributed by atoms with Crippen molar-refractivity contribution in [2.45, 2.75) is 223 Å². The Morgan fingerprint density at radius 2 is 1.04 bits per heavy atom. The molecule has 0 radical (unpaired) electrons. The summed E-state index contributed by atoms with van der Waals surface area (Å²) in [6.07, 6.45) is 12.9. The van der Waals surface area contributed by atoms with Crippen LogP contribution in [0.4, 0.5) is 0 Å². The second-order valence-corrected chi connectivity index (χ2v) is 15.9. The molecular formula is C43H80O14. The molecule has 0 aromatic heterocycles. The van der Waals surface area contributed by atoms with Gasteiger partial charge in [0.25, 0.3) is 0 Å². The number of aliphatic hydroxyl groups is 7. The van der Waals surface area contributed by atoms with Crippen LogP contribution in [0.2, 0.25) is 0 Å². The lowest BCUT2D eigenvalue weighted by Gasteiger charge is -2.42. The molecule has 2 aliphatic rings. The Hall–Kier alpha value is -1.27. The molecule has 2 saturated heterocycles. The van der Waals surface area contributed by atoms with E-state index in [1.165, 1.54) is 70.6 Å². The van der Waals surface area contributed by atoms with E-state index in [1.54, 1.807) is 0 Å². The molecule has 336 valence electrons. The van der Waals surface area contributed by atoms with E-state index >= 15 is 0 Å². The van der Waals surface area contributed by atoms with Gasteiger partial charge in [0.15, 0.2) is 12.6 Å². The summed E-state index contributed by atoms with van der Waals surface area (Å²) in [7, 11) is 0. The number of rotatable bonds is 34. The van der Waals surface area contributed by atoms with Crippen LogP contribution in [0.15, 0.2) is 12.2 Å². The van der Waals surface area contributed by atoms with E-state index in [0.717, 1.165) is 57.8 Å². The van der Waals surface area contributed by atoms with Gasteiger partial charge < -0.3 is 64.2 Å². The summed E-state index contributed by atoms with van der Waals surface area (Å²) in [5, 5.41) is 71.8. The van der Waals surface area contributed by atoms with Gasteiger partial charge in [0.05, 0.1) is 26.4 Å². The highest BCUT2D eigenvalue weighted by atomic mass is 16.7. The molecule has 14 nitrogen and oxygen atoms in total. The van der Waals surface area contributed by atoms with Crippen molar-refractivity contribution in [2.75, 3.05) is 33.0 Å². The van der Waals surface area contributed by atoms with E-state index in [1.807, 2.05) is 0 Å². The first-order valence-electron chi connectivity index (χ1n) is 22.3. The summed E-state index contributed by atoms with van der Waals surface area (Å²) in [6, 6.07) is 0. The number of carbonyl (C=O) groups excluding carboxylic acids is 1. The van der Waals surface area contributed by atoms with Crippen LogP contribution in [-0.2, 0) is 33.2 Å². The molecule has 11 atom stereocenters. The highest BCUT2D eigenvalue weighted by Crippen LogP contribution is 2.26. The Bertz CT molecular complexity index is 1000. The SMILES string of the molecule is CCCCCCC/C=C\CCCCCCCC(=O)OC(COCCCCCCCCCCC)COC1OC(COC2OC(CO)C(O)C(O)C2O)C(O)C(O)C1O. The monoisotopic (exact) mass is 821 g/mol. The van der Waals surface area contributed by atoms with Crippen molar-refractivity contribution in [1.29, 1.82) is 0 Å². The van der Waals surface area contributed by atoms with Crippen molar-refractivity contribution < 1.29 is 69.0 Å². The second-order valence-electron chi connectivity index (χ2n) is 15.9. The molecule has 14 heteroatoms. The highest BCUT2D eigenvalue weighted by molar-refractivity contribution is 5.69. The lowest BCUT2D eigenvalue weighted by Crippen LogP contribution is -2.61. The largest absolute Gasteiger partial charge is 0.457 e. The molecule has 11 unspecified atom stereocenters. The number of ether oxygens (including phenoxy) is 6. The van der Waals surface area contributed by atoms with Crippen molar-refractivity contribution in [3.63, 3.8) is 0 Å². The van der Waals surface area contributed by atoms with E-state index in [9.17, 15) is 40.5 Å². The summed E-state index contributed by atoms with van der Waals surface area (Å²) in [5.74, 6) is -0.386. The molecule has 2 fully saturated rings. The van der Waals surface area contributed by atoms with Crippen molar-refractivity contribution in [1.82, 2.24) is 0 Å². The molecule has 0 saturated carbocycles. The molecule has 0 bridgehead atoms. The first kappa shape index (κ1) is 51.9. The van der Waals surface area contributed by atoms with E-state index in [2.05, 4.69) is 26.0 Å². The Kier molecular flexibility index (Phi) is 29.6. The van der Waals surface area contributed by atoms with Crippen LogP contribution in [0.1, 0.15) is 155 Å². The molecule has 0 aromatic carbocycles. The van der Waals surface area contributed by atoms with E-state index in [4.69, 9.17) is 28.4 Å². The van der Waals surface area contributed by atoms with E-state index in [0.29, 0.717) is 13.0 Å². The molecular weight excluding hydrogens is 740 g/mol. The molecule has 2 rings (SSSR count). The number of esters is 1. The van der Waals surface area contributed by atoms with Gasteiger partial charge in [-0.25, -0.2) is 0 Å². The molecule has 0 aliphatic carbocycles. The number of carbonyl (C=O) groups is 1. The topological polar surface area (TPSA) is 214 Å². The summed E-state index contributed by atoms with van der Waals surface area (Å²) in [6.45, 7) is 3.64. The maximum atomic E-state index is 12.9. The molecule has 7 N–H and O–H groups in total. The van der Waals surface area contributed by atoms with Crippen molar-refractivity contribution in [3.05, 3.63) is 12.2 Å². The van der Waals surface area contributed by atoms with Crippen LogP contribution in [0.5, 0.6) is 0 Å². The molecule has 57 heavy (non-hydrogen) atoms. The number of allylic oxidation sites excluding steroid dienone is 2. The van der Waals surface area contributed by atoms with Crippen LogP contribution in [0, 0.1) is 0 Å². The normalized spacial score (nSPS) is 28.6. The maximum absolute atomic E-state index is 12.9. The van der Waals surface area contributed by atoms with Gasteiger partial charge in [-0.1, -0.05) is 122 Å². The van der Waals surface area contributed by atoms with Gasteiger partial charge in [0.1, 0.15) is 54.9 Å². The zero-order valence-corrected chi connectivity index (χ0v) is 35.1. The lowest BCUT2D eigenvalue weighted by molar-refractivity contribution is -0.332. The summed E-state index contributed by atoms with van der Waals surface area (Å²) >= 11 is 0. The third kappa shape index (κ3) is 21.7. The van der Waals surface area contributed by atoms with Crippen molar-refractivity contribution in [3.8, 4) is 0 Å². The number of hydrogen-bond acceptors (Lipinski definition) is 14. The fourth-order valence-electron chi connectivity index (χ4n) is 7.04. The van der Waals surface area contributed by atoms with Crippen LogP contribution >= 0.6 is 0 Å². The standard InChI is InChI=1S/C43H80O14/c1-3-5-7-9-11-13-14-15-16-17-18-20-22-24-26-35(45)55-32(29-52-27-25-23-21-19-12-10-8-6-4-2)30-53-42-41(51)39(49)37(47)34(57-42)31-54-43-40(50)38(48)36(46)33(28-44)56-43/h14-15,32-34,36-44,46-51H,3-13,16-31H2,1-2H3/b15-14-. The average Bonchev–Trinajstić information content (AvgIpc) is 3.20. The Balaban J connectivity index is 1.82.